The van der Waals surface area contributed by atoms with Crippen molar-refractivity contribution in [2.24, 2.45) is 0 Å². The van der Waals surface area contributed by atoms with Crippen molar-refractivity contribution >= 4 is 65.4 Å². The summed E-state index contributed by atoms with van der Waals surface area (Å²) < 4.78 is 14.0. The van der Waals surface area contributed by atoms with E-state index in [1.807, 2.05) is 84.9 Å². The lowest BCUT2D eigenvalue weighted by molar-refractivity contribution is 0.669. The van der Waals surface area contributed by atoms with Gasteiger partial charge < -0.3 is 8.83 Å². The minimum Gasteiger partial charge on any atom is -0.456 e. The molecule has 0 amide bonds. The van der Waals surface area contributed by atoms with Crippen LogP contribution in [0.4, 0.5) is 0 Å². The second kappa shape index (κ2) is 11.8. The zero-order valence-corrected chi connectivity index (χ0v) is 28.8. The Morgan fingerprint density at radius 1 is 0.377 bits per heavy atom. The molecule has 0 aliphatic carbocycles. The molecule has 0 atom stereocenters. The molecule has 6 nitrogen and oxygen atoms in total. The van der Waals surface area contributed by atoms with E-state index in [9.17, 15) is 0 Å². The minimum atomic E-state index is 0.567. The number of rotatable bonds is 5. The van der Waals surface area contributed by atoms with Gasteiger partial charge in [0.2, 0.25) is 0 Å². The molecule has 0 aliphatic heterocycles. The van der Waals surface area contributed by atoms with E-state index in [1.54, 1.807) is 11.3 Å². The topological polar surface area (TPSA) is 77.8 Å². The second-order valence-electron chi connectivity index (χ2n) is 13.0. The summed E-state index contributed by atoms with van der Waals surface area (Å²) in [4.78, 5) is 20.3. The van der Waals surface area contributed by atoms with Crippen LogP contribution in [0.25, 0.3) is 110 Å². The first kappa shape index (κ1) is 29.7. The molecule has 7 heteroatoms. The zero-order chi connectivity index (χ0) is 34.9. The first-order chi connectivity index (χ1) is 26.2. The molecule has 0 saturated heterocycles. The number of furan rings is 2. The average Bonchev–Trinajstić information content (AvgIpc) is 3.94. The monoisotopic (exact) mass is 698 g/mol. The van der Waals surface area contributed by atoms with E-state index in [1.165, 1.54) is 0 Å². The average molecular weight is 699 g/mol. The maximum Gasteiger partial charge on any atom is 0.164 e. The fraction of sp³-hybridized carbons (Fsp3) is 0. The van der Waals surface area contributed by atoms with E-state index < -0.39 is 0 Å². The van der Waals surface area contributed by atoms with Gasteiger partial charge in [-0.2, -0.15) is 0 Å². The van der Waals surface area contributed by atoms with Crippen molar-refractivity contribution in [3.05, 3.63) is 158 Å². The summed E-state index contributed by atoms with van der Waals surface area (Å²) >= 11 is 1.68. The van der Waals surface area contributed by atoms with Crippen LogP contribution in [-0.4, -0.2) is 19.9 Å². The van der Waals surface area contributed by atoms with Crippen LogP contribution < -0.4 is 0 Å². The van der Waals surface area contributed by atoms with Crippen molar-refractivity contribution in [2.45, 2.75) is 0 Å². The Labute approximate surface area is 306 Å². The molecule has 4 heterocycles. The van der Waals surface area contributed by atoms with E-state index in [2.05, 4.69) is 72.8 Å². The van der Waals surface area contributed by atoms with Crippen molar-refractivity contribution in [1.29, 1.82) is 0 Å². The molecule has 0 N–H and O–H groups in total. The van der Waals surface area contributed by atoms with Crippen LogP contribution in [0.5, 0.6) is 0 Å². The molecule has 53 heavy (non-hydrogen) atoms. The Morgan fingerprint density at radius 3 is 1.77 bits per heavy atom. The van der Waals surface area contributed by atoms with Crippen molar-refractivity contribution in [3.8, 4) is 55.9 Å². The summed E-state index contributed by atoms with van der Waals surface area (Å²) in [7, 11) is 0. The number of hydrogen-bond acceptors (Lipinski definition) is 7. The van der Waals surface area contributed by atoms with E-state index >= 15 is 0 Å². The van der Waals surface area contributed by atoms with Gasteiger partial charge >= 0.3 is 0 Å². The van der Waals surface area contributed by atoms with Crippen LogP contribution >= 0.6 is 11.3 Å². The molecule has 4 aromatic heterocycles. The Hall–Kier alpha value is -6.96. The third-order valence-electron chi connectivity index (χ3n) is 9.81. The Morgan fingerprint density at radius 2 is 0.962 bits per heavy atom. The predicted molar refractivity (Wildman–Crippen MR) is 215 cm³/mol. The van der Waals surface area contributed by atoms with Gasteiger partial charge in [-0.1, -0.05) is 127 Å². The highest BCUT2D eigenvalue weighted by Gasteiger charge is 2.21. The summed E-state index contributed by atoms with van der Waals surface area (Å²) in [6.45, 7) is 0. The van der Waals surface area contributed by atoms with Gasteiger partial charge in [0.05, 0.1) is 10.2 Å². The Kier molecular flexibility index (Phi) is 6.62. The third kappa shape index (κ3) is 4.86. The molecule has 11 aromatic rings. The van der Waals surface area contributed by atoms with Gasteiger partial charge in [-0.15, -0.1) is 11.3 Å². The van der Waals surface area contributed by atoms with Gasteiger partial charge in [0.15, 0.2) is 17.5 Å². The highest BCUT2D eigenvalue weighted by atomic mass is 32.1. The number of aromatic nitrogens is 4. The summed E-state index contributed by atoms with van der Waals surface area (Å²) in [6, 6.07) is 53.3. The maximum absolute atomic E-state index is 6.48. The fourth-order valence-electron chi connectivity index (χ4n) is 7.33. The summed E-state index contributed by atoms with van der Waals surface area (Å²) in [5.74, 6) is 1.74. The molecule has 0 unspecified atom stereocenters. The highest BCUT2D eigenvalue weighted by Crippen LogP contribution is 2.43. The highest BCUT2D eigenvalue weighted by molar-refractivity contribution is 7.21. The van der Waals surface area contributed by atoms with Gasteiger partial charge in [-0.3, -0.25) is 0 Å². The molecule has 7 aromatic carbocycles. The molecule has 0 saturated carbocycles. The maximum atomic E-state index is 6.48. The van der Waals surface area contributed by atoms with Crippen LogP contribution in [0.15, 0.2) is 167 Å². The number of hydrogen-bond donors (Lipinski definition) is 0. The second-order valence-corrected chi connectivity index (χ2v) is 14.0. The Bertz CT molecular complexity index is 3150. The third-order valence-corrected chi connectivity index (χ3v) is 10.9. The van der Waals surface area contributed by atoms with Crippen LogP contribution in [0.3, 0.4) is 0 Å². The lowest BCUT2D eigenvalue weighted by atomic mass is 10.0. The summed E-state index contributed by atoms with van der Waals surface area (Å²) in [5, 5.41) is 5.09. The molecular formula is C46H26N4O2S. The molecule has 11 rings (SSSR count). The largest absolute Gasteiger partial charge is 0.456 e. The lowest BCUT2D eigenvalue weighted by Crippen LogP contribution is -2.00. The smallest absolute Gasteiger partial charge is 0.164 e. The van der Waals surface area contributed by atoms with Crippen molar-refractivity contribution in [2.75, 3.05) is 0 Å². The SMILES string of the molecule is c1ccc(-c2nc(-c3ccc(-c4cccc5c4oc4ccccc45)cc3)nc(-c3cccc4oc5cccc(-c6nc7ccccc7s6)c5c34)n2)cc1. The molecule has 0 spiro atoms. The van der Waals surface area contributed by atoms with Gasteiger partial charge in [-0.05, 0) is 35.9 Å². The molecule has 0 bridgehead atoms. The minimum absolute atomic E-state index is 0.567. The van der Waals surface area contributed by atoms with Crippen LogP contribution in [0, 0.1) is 0 Å². The summed E-state index contributed by atoms with van der Waals surface area (Å²) in [6.07, 6.45) is 0. The van der Waals surface area contributed by atoms with Gasteiger partial charge in [0, 0.05) is 49.4 Å². The van der Waals surface area contributed by atoms with Crippen molar-refractivity contribution in [3.63, 3.8) is 0 Å². The van der Waals surface area contributed by atoms with E-state index in [4.69, 9.17) is 28.8 Å². The van der Waals surface area contributed by atoms with E-state index in [-0.39, 0.29) is 0 Å². The predicted octanol–water partition coefficient (Wildman–Crippen LogP) is 12.6. The van der Waals surface area contributed by atoms with E-state index in [0.29, 0.717) is 17.5 Å². The number of nitrogens with zero attached hydrogens (tertiary/aromatic N) is 4. The number of para-hydroxylation sites is 3. The summed E-state index contributed by atoms with van der Waals surface area (Å²) in [5.41, 5.74) is 10.0. The molecule has 0 fully saturated rings. The van der Waals surface area contributed by atoms with Crippen LogP contribution in [0.2, 0.25) is 0 Å². The molecular weight excluding hydrogens is 673 g/mol. The number of fused-ring (bicyclic) bond motifs is 7. The lowest BCUT2D eigenvalue weighted by Gasteiger charge is -2.10. The van der Waals surface area contributed by atoms with Gasteiger partial charge in [-0.25, -0.2) is 19.9 Å². The quantitative estimate of drug-likeness (QED) is 0.178. The number of benzene rings is 7. The zero-order valence-electron chi connectivity index (χ0n) is 28.0. The van der Waals surface area contributed by atoms with Gasteiger partial charge in [0.25, 0.3) is 0 Å². The molecule has 248 valence electrons. The fourth-order valence-corrected chi connectivity index (χ4v) is 8.33. The van der Waals surface area contributed by atoms with Crippen molar-refractivity contribution < 1.29 is 8.83 Å². The normalized spacial score (nSPS) is 11.8. The molecule has 0 radical (unpaired) electrons. The molecule has 0 aliphatic rings. The van der Waals surface area contributed by atoms with E-state index in [0.717, 1.165) is 92.5 Å². The van der Waals surface area contributed by atoms with Crippen LogP contribution in [0.1, 0.15) is 0 Å². The van der Waals surface area contributed by atoms with Crippen molar-refractivity contribution in [1.82, 2.24) is 19.9 Å². The van der Waals surface area contributed by atoms with Gasteiger partial charge in [0.1, 0.15) is 27.3 Å². The first-order valence-electron chi connectivity index (χ1n) is 17.4. The first-order valence-corrected chi connectivity index (χ1v) is 18.2. The van der Waals surface area contributed by atoms with Crippen LogP contribution in [-0.2, 0) is 0 Å². The standard InChI is InChI=1S/C46H26N4O2S/c1-2-11-28(12-3-1)43-48-44(29-25-23-27(24-26-29)30-14-8-15-32-31-13-4-6-19-36(31)52-42(30)32)50-45(49-43)33-16-9-20-37-40(33)41-34(17-10-21-38(41)51-37)46-47-35-18-5-7-22-39(35)53-46/h1-26H. The Balaban J connectivity index is 1.09. The number of thiazole rings is 1.